The minimum absolute atomic E-state index is 0.00455. The van der Waals surface area contributed by atoms with Crippen LogP contribution in [-0.4, -0.2) is 19.3 Å². The summed E-state index contributed by atoms with van der Waals surface area (Å²) in [5, 5.41) is 0. The van der Waals surface area contributed by atoms with Gasteiger partial charge in [-0.15, -0.1) is 0 Å². The van der Waals surface area contributed by atoms with Gasteiger partial charge in [-0.25, -0.2) is 8.42 Å². The Balaban J connectivity index is 1.79. The van der Waals surface area contributed by atoms with Gasteiger partial charge in [-0.05, 0) is 17.5 Å². The molecular weight excluding hydrogens is 270 g/mol. The molecule has 104 valence electrons. The molecule has 1 aliphatic rings. The van der Waals surface area contributed by atoms with Crippen LogP contribution in [0.3, 0.4) is 0 Å². The highest BCUT2D eigenvalue weighted by Gasteiger charge is 2.38. The van der Waals surface area contributed by atoms with Gasteiger partial charge in [-0.1, -0.05) is 60.7 Å². The van der Waals surface area contributed by atoms with Gasteiger partial charge in [0.2, 0.25) is 10.0 Å². The first-order chi connectivity index (χ1) is 9.67. The predicted octanol–water partition coefficient (Wildman–Crippen LogP) is 2.96. The molecule has 0 unspecified atom stereocenters. The maximum Gasteiger partial charge on any atom is 0.218 e. The first kappa shape index (κ1) is 13.3. The first-order valence-corrected chi connectivity index (χ1v) is 8.36. The fraction of sp³-hybridized carbons (Fsp3) is 0.250. The smallest absolute Gasteiger partial charge is 0.212 e. The largest absolute Gasteiger partial charge is 0.218 e. The molecule has 1 saturated heterocycles. The topological polar surface area (TPSA) is 37.4 Å². The minimum atomic E-state index is -3.24. The molecule has 1 aliphatic heterocycles. The SMILES string of the molecule is O=S(=O)(Cc1ccccc1)N1CC[C@@H]1c1ccccc1. The zero-order valence-electron chi connectivity index (χ0n) is 11.1. The Hall–Kier alpha value is -1.65. The van der Waals surface area contributed by atoms with Gasteiger partial charge in [0.15, 0.2) is 0 Å². The molecule has 0 aromatic heterocycles. The van der Waals surface area contributed by atoms with Gasteiger partial charge >= 0.3 is 0 Å². The average molecular weight is 287 g/mol. The van der Waals surface area contributed by atoms with Crippen LogP contribution < -0.4 is 0 Å². The molecule has 3 rings (SSSR count). The van der Waals surface area contributed by atoms with E-state index in [0.717, 1.165) is 17.5 Å². The number of hydrogen-bond donors (Lipinski definition) is 0. The lowest BCUT2D eigenvalue weighted by atomic mass is 9.98. The van der Waals surface area contributed by atoms with Crippen molar-refractivity contribution >= 4 is 10.0 Å². The summed E-state index contributed by atoms with van der Waals surface area (Å²) >= 11 is 0. The lowest BCUT2D eigenvalue weighted by Gasteiger charge is -2.40. The van der Waals surface area contributed by atoms with Crippen LogP contribution in [0.1, 0.15) is 23.6 Å². The van der Waals surface area contributed by atoms with E-state index in [1.165, 1.54) is 0 Å². The third-order valence-corrected chi connectivity index (χ3v) is 5.55. The number of sulfonamides is 1. The summed E-state index contributed by atoms with van der Waals surface area (Å²) in [6.07, 6.45) is 0.901. The van der Waals surface area contributed by atoms with E-state index in [0.29, 0.717) is 6.54 Å². The Morgan fingerprint density at radius 1 is 0.950 bits per heavy atom. The van der Waals surface area contributed by atoms with Crippen LogP contribution in [0.2, 0.25) is 0 Å². The van der Waals surface area contributed by atoms with E-state index in [-0.39, 0.29) is 11.8 Å². The van der Waals surface area contributed by atoms with E-state index in [9.17, 15) is 8.42 Å². The lowest BCUT2D eigenvalue weighted by Crippen LogP contribution is -2.45. The molecule has 1 fully saturated rings. The predicted molar refractivity (Wildman–Crippen MR) is 79.6 cm³/mol. The molecule has 0 radical (unpaired) electrons. The molecule has 1 atom stereocenters. The zero-order chi connectivity index (χ0) is 14.0. The molecule has 0 aliphatic carbocycles. The van der Waals surface area contributed by atoms with Crippen molar-refractivity contribution in [3.8, 4) is 0 Å². The highest BCUT2D eigenvalue weighted by Crippen LogP contribution is 2.36. The summed E-state index contributed by atoms with van der Waals surface area (Å²) < 4.78 is 26.6. The summed E-state index contributed by atoms with van der Waals surface area (Å²) in [7, 11) is -3.24. The Morgan fingerprint density at radius 3 is 2.10 bits per heavy atom. The summed E-state index contributed by atoms with van der Waals surface area (Å²) in [5.41, 5.74) is 1.92. The Kier molecular flexibility index (Phi) is 3.59. The third-order valence-electron chi connectivity index (χ3n) is 3.70. The molecule has 1 heterocycles. The molecule has 0 spiro atoms. The van der Waals surface area contributed by atoms with Crippen LogP contribution in [0.5, 0.6) is 0 Å². The van der Waals surface area contributed by atoms with Crippen LogP contribution >= 0.6 is 0 Å². The maximum atomic E-state index is 12.5. The van der Waals surface area contributed by atoms with Crippen molar-refractivity contribution in [3.63, 3.8) is 0 Å². The van der Waals surface area contributed by atoms with Crippen LogP contribution in [0.15, 0.2) is 60.7 Å². The molecule has 0 amide bonds. The van der Waals surface area contributed by atoms with E-state index < -0.39 is 10.0 Å². The van der Waals surface area contributed by atoms with Crippen molar-refractivity contribution in [2.45, 2.75) is 18.2 Å². The van der Waals surface area contributed by atoms with Gasteiger partial charge in [0.1, 0.15) is 0 Å². The molecule has 0 bridgehead atoms. The Bertz CT molecular complexity index is 668. The molecule has 2 aromatic rings. The Morgan fingerprint density at radius 2 is 1.55 bits per heavy atom. The molecule has 3 nitrogen and oxygen atoms in total. The highest BCUT2D eigenvalue weighted by atomic mass is 32.2. The minimum Gasteiger partial charge on any atom is -0.212 e. The summed E-state index contributed by atoms with van der Waals surface area (Å²) in [6, 6.07) is 19.2. The number of hydrogen-bond acceptors (Lipinski definition) is 2. The quantitative estimate of drug-likeness (QED) is 0.867. The van der Waals surface area contributed by atoms with Crippen molar-refractivity contribution in [2.24, 2.45) is 0 Å². The van der Waals surface area contributed by atoms with E-state index in [2.05, 4.69) is 0 Å². The Labute approximate surface area is 119 Å². The molecule has 0 saturated carbocycles. The fourth-order valence-corrected chi connectivity index (χ4v) is 4.35. The standard InChI is InChI=1S/C16H17NO2S/c18-20(19,13-14-7-3-1-4-8-14)17-12-11-16(17)15-9-5-2-6-10-15/h1-10,16H,11-13H2/t16-/m1/s1. The molecule has 4 heteroatoms. The lowest BCUT2D eigenvalue weighted by molar-refractivity contribution is 0.202. The second kappa shape index (κ2) is 5.38. The normalized spacial score (nSPS) is 19.5. The van der Waals surface area contributed by atoms with Crippen molar-refractivity contribution in [2.75, 3.05) is 6.54 Å². The van der Waals surface area contributed by atoms with E-state index >= 15 is 0 Å². The summed E-state index contributed by atoms with van der Waals surface area (Å²) in [5.74, 6) is 0.0805. The average Bonchev–Trinajstić information content (AvgIpc) is 2.38. The zero-order valence-corrected chi connectivity index (χ0v) is 12.0. The number of rotatable bonds is 4. The van der Waals surface area contributed by atoms with Gasteiger partial charge in [-0.3, -0.25) is 0 Å². The second-order valence-corrected chi connectivity index (χ2v) is 6.99. The molecule has 2 aromatic carbocycles. The van der Waals surface area contributed by atoms with Crippen molar-refractivity contribution < 1.29 is 8.42 Å². The molecule has 20 heavy (non-hydrogen) atoms. The number of benzene rings is 2. The van der Waals surface area contributed by atoms with Gasteiger partial charge in [0.25, 0.3) is 0 Å². The van der Waals surface area contributed by atoms with Crippen molar-refractivity contribution in [1.29, 1.82) is 0 Å². The molecule has 0 N–H and O–H groups in total. The van der Waals surface area contributed by atoms with E-state index in [4.69, 9.17) is 0 Å². The van der Waals surface area contributed by atoms with Crippen molar-refractivity contribution in [1.82, 2.24) is 4.31 Å². The van der Waals surface area contributed by atoms with Crippen LogP contribution in [0.4, 0.5) is 0 Å². The maximum absolute atomic E-state index is 12.5. The molecular formula is C16H17NO2S. The fourth-order valence-electron chi connectivity index (χ4n) is 2.57. The van der Waals surface area contributed by atoms with Gasteiger partial charge < -0.3 is 0 Å². The van der Waals surface area contributed by atoms with Crippen molar-refractivity contribution in [3.05, 3.63) is 71.8 Å². The number of nitrogens with zero attached hydrogens (tertiary/aromatic N) is 1. The van der Waals surface area contributed by atoms with Crippen LogP contribution in [0.25, 0.3) is 0 Å². The van der Waals surface area contributed by atoms with Crippen LogP contribution in [-0.2, 0) is 15.8 Å². The summed E-state index contributed by atoms with van der Waals surface area (Å²) in [6.45, 7) is 0.620. The van der Waals surface area contributed by atoms with E-state index in [1.54, 1.807) is 4.31 Å². The third kappa shape index (κ3) is 2.62. The van der Waals surface area contributed by atoms with E-state index in [1.807, 2.05) is 60.7 Å². The first-order valence-electron chi connectivity index (χ1n) is 6.75. The van der Waals surface area contributed by atoms with Gasteiger partial charge in [-0.2, -0.15) is 4.31 Å². The van der Waals surface area contributed by atoms with Crippen LogP contribution in [0, 0.1) is 0 Å². The van der Waals surface area contributed by atoms with Gasteiger partial charge in [0.05, 0.1) is 11.8 Å². The highest BCUT2D eigenvalue weighted by molar-refractivity contribution is 7.88. The second-order valence-electron chi connectivity index (χ2n) is 5.07. The summed E-state index contributed by atoms with van der Waals surface area (Å²) in [4.78, 5) is 0. The van der Waals surface area contributed by atoms with Gasteiger partial charge in [0, 0.05) is 6.54 Å². The monoisotopic (exact) mass is 287 g/mol.